The lowest BCUT2D eigenvalue weighted by Gasteiger charge is -2.39. The van der Waals surface area contributed by atoms with Gasteiger partial charge in [0.05, 0.1) is 23.8 Å². The number of benzene rings is 3. The van der Waals surface area contributed by atoms with Gasteiger partial charge in [0.2, 0.25) is 0 Å². The molecule has 12 heteroatoms. The Kier molecular flexibility index (Phi) is 10.3. The van der Waals surface area contributed by atoms with Gasteiger partial charge in [0.1, 0.15) is 17.6 Å². The summed E-state index contributed by atoms with van der Waals surface area (Å²) in [6.45, 7) is 8.61. The van der Waals surface area contributed by atoms with Gasteiger partial charge in [0.15, 0.2) is 0 Å². The minimum absolute atomic E-state index is 0.0113. The fourth-order valence-electron chi connectivity index (χ4n) is 6.62. The largest absolute Gasteiger partial charge is 0.493 e. The smallest absolute Gasteiger partial charge is 0.416 e. The number of urea groups is 1. The normalized spacial score (nSPS) is 20.9. The monoisotopic (exact) mass is 687 g/mol. The van der Waals surface area contributed by atoms with E-state index >= 15 is 0 Å². The van der Waals surface area contributed by atoms with Gasteiger partial charge in [-0.05, 0) is 86.4 Å². The molecular weight excluding hydrogens is 650 g/mol. The molecule has 3 aromatic rings. The topological polar surface area (TPSA) is 51.6 Å². The van der Waals surface area contributed by atoms with Crippen LogP contribution >= 0.6 is 23.2 Å². The minimum atomic E-state index is -4.57. The number of piperazine rings is 1. The van der Waals surface area contributed by atoms with E-state index in [4.69, 9.17) is 32.9 Å². The number of ether oxygens (including phenoxy) is 1. The van der Waals surface area contributed by atoms with E-state index in [9.17, 15) is 18.0 Å². The van der Waals surface area contributed by atoms with Crippen LogP contribution in [0.3, 0.4) is 0 Å². The molecular formula is C35H38Cl2F3N5O2. The first-order valence-corrected chi connectivity index (χ1v) is 16.8. The molecule has 7 nitrogen and oxygen atoms in total. The first-order chi connectivity index (χ1) is 22.6. The number of halogens is 5. The van der Waals surface area contributed by atoms with E-state index in [1.165, 1.54) is 18.9 Å². The maximum Gasteiger partial charge on any atom is 0.416 e. The number of nitrogens with zero attached hydrogens (tertiary/aromatic N) is 5. The molecule has 3 aliphatic rings. The first kappa shape index (κ1) is 33.6. The Labute approximate surface area is 283 Å². The number of hydrogen-bond acceptors (Lipinski definition) is 5. The van der Waals surface area contributed by atoms with E-state index in [2.05, 4.69) is 9.80 Å². The molecule has 2 unspecified atom stereocenters. The van der Waals surface area contributed by atoms with Crippen LogP contribution in [0.25, 0.3) is 0 Å². The molecule has 0 saturated carbocycles. The summed E-state index contributed by atoms with van der Waals surface area (Å²) in [5.41, 5.74) is 1.07. The third-order valence-electron chi connectivity index (χ3n) is 9.12. The van der Waals surface area contributed by atoms with Crippen molar-refractivity contribution in [2.24, 2.45) is 4.99 Å². The molecule has 0 bridgehead atoms. The van der Waals surface area contributed by atoms with E-state index in [0.29, 0.717) is 28.7 Å². The van der Waals surface area contributed by atoms with Crippen LogP contribution in [-0.2, 0) is 6.18 Å². The molecule has 3 aromatic carbocycles. The number of carbonyl (C=O) groups excluding carboxylic acids is 1. The average Bonchev–Trinajstić information content (AvgIpc) is 3.73. The summed E-state index contributed by atoms with van der Waals surface area (Å²) in [7, 11) is 0. The van der Waals surface area contributed by atoms with E-state index in [1.54, 1.807) is 36.1 Å². The molecule has 3 heterocycles. The van der Waals surface area contributed by atoms with Crippen molar-refractivity contribution in [2.75, 3.05) is 59.0 Å². The zero-order chi connectivity index (χ0) is 33.1. The van der Waals surface area contributed by atoms with Gasteiger partial charge in [0, 0.05) is 49.3 Å². The second-order valence-electron chi connectivity index (χ2n) is 12.1. The molecule has 6 rings (SSSR count). The van der Waals surface area contributed by atoms with Crippen LogP contribution in [0.5, 0.6) is 5.75 Å². The van der Waals surface area contributed by atoms with Crippen LogP contribution in [0, 0.1) is 0 Å². The fraction of sp³-hybridized carbons (Fsp3) is 0.429. The number of rotatable bonds is 8. The Hall–Kier alpha value is -3.31. The lowest BCUT2D eigenvalue weighted by atomic mass is 9.93. The standard InChI is InChI=1S/C35H38Cl2F3N5O2/c1-2-47-30-23-26(35(38,39)40)9-14-29(30)33-41-31(24-5-10-27(36)11-6-24)32(25-7-12-28(37)13-8-25)45(33)34(46)44-21-19-43(20-22-44)18-17-42-15-3-4-16-42/h5-14,23,31-32H,2-4,15-22H2,1H3. The Balaban J connectivity index is 1.38. The van der Waals surface area contributed by atoms with Crippen molar-refractivity contribution in [1.82, 2.24) is 19.6 Å². The lowest BCUT2D eigenvalue weighted by Crippen LogP contribution is -2.54. The zero-order valence-electron chi connectivity index (χ0n) is 26.2. The predicted octanol–water partition coefficient (Wildman–Crippen LogP) is 7.79. The van der Waals surface area contributed by atoms with Crippen LogP contribution in [0.15, 0.2) is 71.7 Å². The lowest BCUT2D eigenvalue weighted by molar-refractivity contribution is -0.137. The molecule has 3 aliphatic heterocycles. The van der Waals surface area contributed by atoms with Crippen molar-refractivity contribution >= 4 is 35.1 Å². The number of amides is 2. The van der Waals surface area contributed by atoms with Crippen molar-refractivity contribution in [3.63, 3.8) is 0 Å². The quantitative estimate of drug-likeness (QED) is 0.243. The Morgan fingerprint density at radius 2 is 1.40 bits per heavy atom. The third-order valence-corrected chi connectivity index (χ3v) is 9.62. The Bertz CT molecular complexity index is 1570. The highest BCUT2D eigenvalue weighted by molar-refractivity contribution is 6.30. The second-order valence-corrected chi connectivity index (χ2v) is 13.0. The SMILES string of the molecule is CCOc1cc(C(F)(F)F)ccc1C1=NC(c2ccc(Cl)cc2)C(c2ccc(Cl)cc2)N1C(=O)N1CCN(CCN2CCCC2)CC1. The maximum atomic E-state index is 14.7. The van der Waals surface area contributed by atoms with Crippen molar-refractivity contribution in [3.8, 4) is 5.75 Å². The summed E-state index contributed by atoms with van der Waals surface area (Å²) in [4.78, 5) is 28.1. The van der Waals surface area contributed by atoms with Crippen molar-refractivity contribution in [2.45, 2.75) is 38.0 Å². The molecule has 0 aromatic heterocycles. The highest BCUT2D eigenvalue weighted by atomic mass is 35.5. The summed E-state index contributed by atoms with van der Waals surface area (Å²) < 4.78 is 47.1. The van der Waals surface area contributed by atoms with Gasteiger partial charge >= 0.3 is 12.2 Å². The van der Waals surface area contributed by atoms with Crippen LogP contribution < -0.4 is 4.74 Å². The van der Waals surface area contributed by atoms with E-state index < -0.39 is 23.8 Å². The third kappa shape index (κ3) is 7.56. The molecule has 0 radical (unpaired) electrons. The number of alkyl halides is 3. The average molecular weight is 689 g/mol. The molecule has 2 fully saturated rings. The van der Waals surface area contributed by atoms with Crippen LogP contribution in [0.2, 0.25) is 10.0 Å². The molecule has 2 amide bonds. The summed E-state index contributed by atoms with van der Waals surface area (Å²) in [6.07, 6.45) is -2.07. The maximum absolute atomic E-state index is 14.7. The summed E-state index contributed by atoms with van der Waals surface area (Å²) in [5.74, 6) is 0.265. The summed E-state index contributed by atoms with van der Waals surface area (Å²) >= 11 is 12.5. The van der Waals surface area contributed by atoms with Crippen LogP contribution in [-0.4, -0.2) is 90.4 Å². The van der Waals surface area contributed by atoms with Gasteiger partial charge < -0.3 is 14.5 Å². The van der Waals surface area contributed by atoms with Crippen LogP contribution in [0.1, 0.15) is 54.1 Å². The number of amidine groups is 1. The van der Waals surface area contributed by atoms with Gasteiger partial charge in [-0.3, -0.25) is 14.8 Å². The van der Waals surface area contributed by atoms with E-state index in [1.807, 2.05) is 29.2 Å². The number of aliphatic imine (C=N–C) groups is 1. The molecule has 2 atom stereocenters. The molecule has 2 saturated heterocycles. The zero-order valence-corrected chi connectivity index (χ0v) is 27.7. The predicted molar refractivity (Wildman–Crippen MR) is 178 cm³/mol. The Morgan fingerprint density at radius 1 is 0.830 bits per heavy atom. The van der Waals surface area contributed by atoms with Crippen LogP contribution in [0.4, 0.5) is 18.0 Å². The first-order valence-electron chi connectivity index (χ1n) is 16.1. The number of likely N-dealkylation sites (tertiary alicyclic amines) is 1. The van der Waals surface area contributed by atoms with Crippen molar-refractivity contribution in [1.29, 1.82) is 0 Å². The molecule has 250 valence electrons. The second kappa shape index (κ2) is 14.4. The molecule has 0 aliphatic carbocycles. The van der Waals surface area contributed by atoms with E-state index in [0.717, 1.165) is 62.5 Å². The molecule has 0 spiro atoms. The van der Waals surface area contributed by atoms with Gasteiger partial charge in [0.25, 0.3) is 0 Å². The summed E-state index contributed by atoms with van der Waals surface area (Å²) in [5, 5.41) is 1.09. The Morgan fingerprint density at radius 3 is 1.98 bits per heavy atom. The van der Waals surface area contributed by atoms with Gasteiger partial charge in [-0.25, -0.2) is 4.79 Å². The van der Waals surface area contributed by atoms with Crippen molar-refractivity contribution < 1.29 is 22.7 Å². The van der Waals surface area contributed by atoms with E-state index in [-0.39, 0.29) is 24.2 Å². The minimum Gasteiger partial charge on any atom is -0.493 e. The highest BCUT2D eigenvalue weighted by Crippen LogP contribution is 2.46. The van der Waals surface area contributed by atoms with Gasteiger partial charge in [-0.15, -0.1) is 0 Å². The summed E-state index contributed by atoms with van der Waals surface area (Å²) in [6, 6.07) is 16.4. The number of carbonyl (C=O) groups is 1. The van der Waals surface area contributed by atoms with Crippen molar-refractivity contribution in [3.05, 3.63) is 99.0 Å². The highest BCUT2D eigenvalue weighted by Gasteiger charge is 2.45. The van der Waals surface area contributed by atoms with Gasteiger partial charge in [-0.2, -0.15) is 13.2 Å². The molecule has 0 N–H and O–H groups in total. The number of hydrogen-bond donors (Lipinski definition) is 0. The fourth-order valence-corrected chi connectivity index (χ4v) is 6.87. The van der Waals surface area contributed by atoms with Gasteiger partial charge in [-0.1, -0.05) is 47.5 Å². The molecule has 47 heavy (non-hydrogen) atoms.